The first-order valence-electron chi connectivity index (χ1n) is 6.88. The van der Waals surface area contributed by atoms with Crippen LogP contribution in [-0.2, 0) is 4.74 Å². The third kappa shape index (κ3) is 3.06. The molecule has 0 radical (unpaired) electrons. The average Bonchev–Trinajstić information content (AvgIpc) is 3.11. The summed E-state index contributed by atoms with van der Waals surface area (Å²) in [5, 5.41) is 8.07. The van der Waals surface area contributed by atoms with Crippen molar-refractivity contribution in [1.82, 2.24) is 10.2 Å². The number of carbonyl (C=O) groups is 1. The van der Waals surface area contributed by atoms with Crippen molar-refractivity contribution < 1.29 is 18.7 Å². The molecule has 0 saturated carbocycles. The van der Waals surface area contributed by atoms with Gasteiger partial charge in [-0.25, -0.2) is 4.79 Å². The first-order valence-corrected chi connectivity index (χ1v) is 6.88. The second-order valence-corrected chi connectivity index (χ2v) is 4.71. The molecule has 0 aliphatic carbocycles. The van der Waals surface area contributed by atoms with Gasteiger partial charge in [0, 0.05) is 11.1 Å². The first kappa shape index (κ1) is 14.8. The second-order valence-electron chi connectivity index (χ2n) is 4.71. The summed E-state index contributed by atoms with van der Waals surface area (Å²) in [6.45, 7) is 0. The lowest BCUT2D eigenvalue weighted by molar-refractivity contribution is 0.0601. The Kier molecular flexibility index (Phi) is 4.05. The first-order chi connectivity index (χ1) is 11.2. The van der Waals surface area contributed by atoms with E-state index in [1.165, 1.54) is 7.11 Å². The van der Waals surface area contributed by atoms with Crippen LogP contribution in [0.4, 0.5) is 0 Å². The van der Waals surface area contributed by atoms with Crippen molar-refractivity contribution in [2.45, 2.75) is 0 Å². The van der Waals surface area contributed by atoms with E-state index in [4.69, 9.17) is 13.9 Å². The van der Waals surface area contributed by atoms with Crippen molar-refractivity contribution in [2.75, 3.05) is 14.2 Å². The summed E-state index contributed by atoms with van der Waals surface area (Å²) in [7, 11) is 2.94. The number of hydrogen-bond donors (Lipinski definition) is 0. The predicted octanol–water partition coefficient (Wildman–Crippen LogP) is 3.20. The average molecular weight is 310 g/mol. The number of carbonyl (C=O) groups excluding carboxylic acids is 1. The summed E-state index contributed by atoms with van der Waals surface area (Å²) in [6.07, 6.45) is 0. The summed E-state index contributed by atoms with van der Waals surface area (Å²) >= 11 is 0. The molecule has 23 heavy (non-hydrogen) atoms. The summed E-state index contributed by atoms with van der Waals surface area (Å²) in [4.78, 5) is 11.6. The highest BCUT2D eigenvalue weighted by Gasteiger charge is 2.13. The number of aromatic nitrogens is 2. The van der Waals surface area contributed by atoms with Crippen molar-refractivity contribution in [2.24, 2.45) is 0 Å². The molecule has 0 atom stereocenters. The maximum absolute atomic E-state index is 11.6. The number of rotatable bonds is 4. The summed E-state index contributed by atoms with van der Waals surface area (Å²) in [5.41, 5.74) is 1.86. The van der Waals surface area contributed by atoms with Crippen molar-refractivity contribution in [3.05, 3.63) is 54.1 Å². The Morgan fingerprint density at radius 1 is 0.957 bits per heavy atom. The van der Waals surface area contributed by atoms with Gasteiger partial charge in [0.05, 0.1) is 19.8 Å². The van der Waals surface area contributed by atoms with Gasteiger partial charge in [0.15, 0.2) is 0 Å². The van der Waals surface area contributed by atoms with E-state index < -0.39 is 5.97 Å². The van der Waals surface area contributed by atoms with E-state index in [1.54, 1.807) is 31.4 Å². The van der Waals surface area contributed by atoms with Crippen LogP contribution in [-0.4, -0.2) is 30.4 Å². The lowest BCUT2D eigenvalue weighted by Crippen LogP contribution is -2.00. The summed E-state index contributed by atoms with van der Waals surface area (Å²) in [6, 6.07) is 14.1. The van der Waals surface area contributed by atoms with Gasteiger partial charge in [0.1, 0.15) is 5.75 Å². The van der Waals surface area contributed by atoms with Gasteiger partial charge in [-0.2, -0.15) is 0 Å². The third-order valence-electron chi connectivity index (χ3n) is 3.29. The van der Waals surface area contributed by atoms with E-state index in [0.29, 0.717) is 22.9 Å². The van der Waals surface area contributed by atoms with Crippen LogP contribution in [0.1, 0.15) is 10.4 Å². The third-order valence-corrected chi connectivity index (χ3v) is 3.29. The SMILES string of the molecule is COC(=O)c1cccc(-c2nnc(-c3ccc(OC)cc3)o2)c1. The standard InChI is InChI=1S/C17H14N2O4/c1-21-14-8-6-11(7-9-14)15-18-19-16(23-15)12-4-3-5-13(10-12)17(20)22-2/h3-10H,1-2H3. The molecule has 2 aromatic carbocycles. The molecule has 0 saturated heterocycles. The molecule has 0 aliphatic rings. The Bertz CT molecular complexity index is 825. The molecule has 6 nitrogen and oxygen atoms in total. The fraction of sp³-hybridized carbons (Fsp3) is 0.118. The van der Waals surface area contributed by atoms with E-state index in [2.05, 4.69) is 10.2 Å². The number of esters is 1. The fourth-order valence-electron chi connectivity index (χ4n) is 2.09. The number of ether oxygens (including phenoxy) is 2. The molecular weight excluding hydrogens is 296 g/mol. The smallest absolute Gasteiger partial charge is 0.337 e. The van der Waals surface area contributed by atoms with Crippen molar-refractivity contribution in [3.8, 4) is 28.7 Å². The highest BCUT2D eigenvalue weighted by Crippen LogP contribution is 2.25. The molecule has 1 heterocycles. The van der Waals surface area contributed by atoms with Crippen LogP contribution in [0.15, 0.2) is 52.9 Å². The molecule has 0 fully saturated rings. The molecule has 3 rings (SSSR count). The number of nitrogens with zero attached hydrogens (tertiary/aromatic N) is 2. The summed E-state index contributed by atoms with van der Waals surface area (Å²) < 4.78 is 15.5. The van der Waals surface area contributed by atoms with Crippen LogP contribution < -0.4 is 4.74 Å². The van der Waals surface area contributed by atoms with Gasteiger partial charge in [-0.15, -0.1) is 10.2 Å². The monoisotopic (exact) mass is 310 g/mol. The molecule has 0 amide bonds. The number of hydrogen-bond acceptors (Lipinski definition) is 6. The highest BCUT2D eigenvalue weighted by molar-refractivity contribution is 5.90. The highest BCUT2D eigenvalue weighted by atomic mass is 16.5. The lowest BCUT2D eigenvalue weighted by Gasteiger charge is -2.01. The Morgan fingerprint density at radius 3 is 2.30 bits per heavy atom. The van der Waals surface area contributed by atoms with E-state index >= 15 is 0 Å². The maximum atomic E-state index is 11.6. The van der Waals surface area contributed by atoms with E-state index in [0.717, 1.165) is 11.3 Å². The topological polar surface area (TPSA) is 74.5 Å². The van der Waals surface area contributed by atoms with E-state index in [9.17, 15) is 4.79 Å². The number of benzene rings is 2. The van der Waals surface area contributed by atoms with Crippen molar-refractivity contribution in [3.63, 3.8) is 0 Å². The minimum absolute atomic E-state index is 0.335. The molecule has 0 aliphatic heterocycles. The van der Waals surface area contributed by atoms with Crippen LogP contribution in [0, 0.1) is 0 Å². The van der Waals surface area contributed by atoms with Crippen molar-refractivity contribution in [1.29, 1.82) is 0 Å². The van der Waals surface area contributed by atoms with Gasteiger partial charge < -0.3 is 13.9 Å². The molecule has 116 valence electrons. The summed E-state index contributed by atoms with van der Waals surface area (Å²) in [5.74, 6) is 1.06. The lowest BCUT2D eigenvalue weighted by atomic mass is 10.1. The second kappa shape index (κ2) is 6.31. The quantitative estimate of drug-likeness (QED) is 0.689. The Morgan fingerprint density at radius 2 is 1.65 bits per heavy atom. The van der Waals surface area contributed by atoms with Crippen LogP contribution in [0.5, 0.6) is 5.75 Å². The Hall–Kier alpha value is -3.15. The van der Waals surface area contributed by atoms with Crippen LogP contribution in [0.2, 0.25) is 0 Å². The van der Waals surface area contributed by atoms with Crippen molar-refractivity contribution >= 4 is 5.97 Å². The molecule has 0 N–H and O–H groups in total. The van der Waals surface area contributed by atoms with E-state index in [1.807, 2.05) is 24.3 Å². The van der Waals surface area contributed by atoms with Crippen LogP contribution in [0.3, 0.4) is 0 Å². The molecule has 0 bridgehead atoms. The predicted molar refractivity (Wildman–Crippen MR) is 83.1 cm³/mol. The zero-order valence-electron chi connectivity index (χ0n) is 12.6. The normalized spacial score (nSPS) is 10.3. The van der Waals surface area contributed by atoms with Gasteiger partial charge in [0.2, 0.25) is 11.8 Å². The Balaban J connectivity index is 1.90. The molecule has 6 heteroatoms. The molecular formula is C17H14N2O4. The van der Waals surface area contributed by atoms with Gasteiger partial charge in [-0.3, -0.25) is 0 Å². The van der Waals surface area contributed by atoms with Crippen LogP contribution in [0.25, 0.3) is 22.9 Å². The largest absolute Gasteiger partial charge is 0.497 e. The molecule has 1 aromatic heterocycles. The minimum Gasteiger partial charge on any atom is -0.497 e. The molecule has 3 aromatic rings. The molecule has 0 unspecified atom stereocenters. The van der Waals surface area contributed by atoms with Gasteiger partial charge in [0.25, 0.3) is 0 Å². The number of methoxy groups -OCH3 is 2. The zero-order chi connectivity index (χ0) is 16.2. The van der Waals surface area contributed by atoms with Gasteiger partial charge in [-0.1, -0.05) is 6.07 Å². The zero-order valence-corrected chi connectivity index (χ0v) is 12.6. The Labute approximate surface area is 132 Å². The van der Waals surface area contributed by atoms with Crippen LogP contribution >= 0.6 is 0 Å². The minimum atomic E-state index is -0.415. The fourth-order valence-corrected chi connectivity index (χ4v) is 2.09. The van der Waals surface area contributed by atoms with E-state index in [-0.39, 0.29) is 0 Å². The van der Waals surface area contributed by atoms with Gasteiger partial charge >= 0.3 is 5.97 Å². The van der Waals surface area contributed by atoms with Gasteiger partial charge in [-0.05, 0) is 42.5 Å². The molecule has 0 spiro atoms. The maximum Gasteiger partial charge on any atom is 0.337 e.